The van der Waals surface area contributed by atoms with Crippen LogP contribution in [0, 0.1) is 0 Å². The van der Waals surface area contributed by atoms with Gasteiger partial charge in [0.1, 0.15) is 0 Å². The average Bonchev–Trinajstić information content (AvgIpc) is 3.32. The highest BCUT2D eigenvalue weighted by Gasteiger charge is 2.19. The molecule has 0 saturated carbocycles. The Morgan fingerprint density at radius 3 is 1.71 bits per heavy atom. The van der Waals surface area contributed by atoms with Crippen molar-refractivity contribution in [2.24, 2.45) is 5.73 Å². The van der Waals surface area contributed by atoms with E-state index in [2.05, 4.69) is 9.97 Å². The number of carbonyl (C=O) groups is 2. The number of aromatic nitrogens is 2. The fourth-order valence-corrected chi connectivity index (χ4v) is 3.66. The van der Waals surface area contributed by atoms with Crippen LogP contribution in [0.25, 0.3) is 21.8 Å². The molecule has 2 heterocycles. The van der Waals surface area contributed by atoms with E-state index in [0.717, 1.165) is 32.9 Å². The number of aromatic amines is 2. The summed E-state index contributed by atoms with van der Waals surface area (Å²) < 4.78 is 0. The molecule has 4 N–H and O–H groups in total. The van der Waals surface area contributed by atoms with Crippen LogP contribution in [0.4, 0.5) is 0 Å². The average molecular weight is 374 g/mol. The molecule has 0 radical (unpaired) electrons. The van der Waals surface area contributed by atoms with Crippen molar-refractivity contribution >= 4 is 33.6 Å². The normalized spacial score (nSPS) is 11.1. The van der Waals surface area contributed by atoms with E-state index in [-0.39, 0.29) is 0 Å². The van der Waals surface area contributed by atoms with Crippen molar-refractivity contribution in [3.8, 4) is 0 Å². The summed E-state index contributed by atoms with van der Waals surface area (Å²) in [5.41, 5.74) is 9.62. The Morgan fingerprint density at radius 2 is 1.25 bits per heavy atom. The van der Waals surface area contributed by atoms with Gasteiger partial charge in [0.05, 0.1) is 0 Å². The van der Waals surface area contributed by atoms with Crippen molar-refractivity contribution in [2.75, 3.05) is 13.1 Å². The van der Waals surface area contributed by atoms with E-state index in [4.69, 9.17) is 5.73 Å². The van der Waals surface area contributed by atoms with Gasteiger partial charge in [0.25, 0.3) is 0 Å². The maximum Gasteiger partial charge on any atom is 0.311 e. The molecular formula is C22H22N4O2. The standard InChI is InChI=1S/C22H22N4O2/c23-21(27)22(28)26(11-9-15-13-24-19-7-3-1-5-17(15)19)12-10-16-14-25-20-8-4-2-6-18(16)20/h1-8,13-14,24-25H,9-12H2,(H2,23,27). The number of hydrogen-bond donors (Lipinski definition) is 3. The number of rotatable bonds is 6. The Labute approximate surface area is 162 Å². The van der Waals surface area contributed by atoms with Crippen LogP contribution in [0.15, 0.2) is 60.9 Å². The van der Waals surface area contributed by atoms with E-state index in [9.17, 15) is 9.59 Å². The molecule has 6 heteroatoms. The number of carbonyl (C=O) groups excluding carboxylic acids is 2. The minimum atomic E-state index is -0.919. The zero-order valence-corrected chi connectivity index (χ0v) is 15.4. The fraction of sp³-hybridized carbons (Fsp3) is 0.182. The van der Waals surface area contributed by atoms with Gasteiger partial charge >= 0.3 is 11.8 Å². The van der Waals surface area contributed by atoms with Gasteiger partial charge in [-0.3, -0.25) is 9.59 Å². The quantitative estimate of drug-likeness (QED) is 0.453. The van der Waals surface area contributed by atoms with E-state index in [1.165, 1.54) is 0 Å². The minimum Gasteiger partial charge on any atom is -0.361 e. The fourth-order valence-electron chi connectivity index (χ4n) is 3.66. The maximum atomic E-state index is 12.3. The molecular weight excluding hydrogens is 352 g/mol. The SMILES string of the molecule is NC(=O)C(=O)N(CCc1c[nH]c2ccccc12)CCc1c[nH]c2ccccc12. The number of primary amides is 1. The molecule has 6 nitrogen and oxygen atoms in total. The van der Waals surface area contributed by atoms with Gasteiger partial charge < -0.3 is 20.6 Å². The van der Waals surface area contributed by atoms with Crippen LogP contribution in [0.5, 0.6) is 0 Å². The van der Waals surface area contributed by atoms with E-state index in [1.54, 1.807) is 4.90 Å². The second kappa shape index (κ2) is 7.60. The Hall–Kier alpha value is -3.54. The monoisotopic (exact) mass is 374 g/mol. The summed E-state index contributed by atoms with van der Waals surface area (Å²) in [6, 6.07) is 16.1. The molecule has 2 aromatic carbocycles. The van der Waals surface area contributed by atoms with E-state index < -0.39 is 11.8 Å². The van der Waals surface area contributed by atoms with E-state index in [1.807, 2.05) is 60.9 Å². The molecule has 0 atom stereocenters. The second-order valence-corrected chi connectivity index (χ2v) is 6.88. The Bertz CT molecular complexity index is 1060. The minimum absolute atomic E-state index is 0.436. The lowest BCUT2D eigenvalue weighted by atomic mass is 10.1. The van der Waals surface area contributed by atoms with Gasteiger partial charge in [-0.15, -0.1) is 0 Å². The van der Waals surface area contributed by atoms with Gasteiger partial charge in [-0.1, -0.05) is 36.4 Å². The first-order chi connectivity index (χ1) is 13.6. The molecule has 2 aromatic heterocycles. The maximum absolute atomic E-state index is 12.3. The zero-order chi connectivity index (χ0) is 19.5. The Kier molecular flexibility index (Phi) is 4.85. The lowest BCUT2D eigenvalue weighted by Crippen LogP contribution is -2.42. The second-order valence-electron chi connectivity index (χ2n) is 6.88. The lowest BCUT2D eigenvalue weighted by molar-refractivity contribution is -0.144. The summed E-state index contributed by atoms with van der Waals surface area (Å²) in [7, 11) is 0. The van der Waals surface area contributed by atoms with Crippen molar-refractivity contribution < 1.29 is 9.59 Å². The first kappa shape index (κ1) is 17.9. The van der Waals surface area contributed by atoms with E-state index >= 15 is 0 Å². The number of nitrogens with two attached hydrogens (primary N) is 1. The molecule has 0 aliphatic carbocycles. The number of hydrogen-bond acceptors (Lipinski definition) is 2. The summed E-state index contributed by atoms with van der Waals surface area (Å²) in [6.45, 7) is 0.873. The lowest BCUT2D eigenvalue weighted by Gasteiger charge is -2.21. The van der Waals surface area contributed by atoms with E-state index in [0.29, 0.717) is 25.9 Å². The third kappa shape index (κ3) is 3.49. The van der Waals surface area contributed by atoms with Crippen LogP contribution in [-0.4, -0.2) is 39.8 Å². The number of nitrogens with zero attached hydrogens (tertiary/aromatic N) is 1. The molecule has 0 aliphatic heterocycles. The molecule has 4 rings (SSSR count). The predicted octanol–water partition coefficient (Wildman–Crippen LogP) is 2.75. The van der Waals surface area contributed by atoms with Crippen LogP contribution in [0.2, 0.25) is 0 Å². The summed E-state index contributed by atoms with van der Waals surface area (Å²) in [6.07, 6.45) is 5.21. The van der Waals surface area contributed by atoms with Crippen molar-refractivity contribution in [3.63, 3.8) is 0 Å². The molecule has 142 valence electrons. The molecule has 0 saturated heterocycles. The predicted molar refractivity (Wildman–Crippen MR) is 110 cm³/mol. The molecule has 0 spiro atoms. The van der Waals surface area contributed by atoms with Crippen LogP contribution in [0.3, 0.4) is 0 Å². The summed E-state index contributed by atoms with van der Waals surface area (Å²) in [5.74, 6) is -1.56. The summed E-state index contributed by atoms with van der Waals surface area (Å²) in [4.78, 5) is 31.9. The van der Waals surface area contributed by atoms with Crippen molar-refractivity contribution in [3.05, 3.63) is 72.1 Å². The van der Waals surface area contributed by atoms with Gasteiger partial charge in [0.15, 0.2) is 0 Å². The highest BCUT2D eigenvalue weighted by atomic mass is 16.2. The van der Waals surface area contributed by atoms with Gasteiger partial charge in [-0.25, -0.2) is 0 Å². The van der Waals surface area contributed by atoms with Gasteiger partial charge in [0, 0.05) is 47.3 Å². The van der Waals surface area contributed by atoms with Crippen LogP contribution in [0.1, 0.15) is 11.1 Å². The third-order valence-electron chi connectivity index (χ3n) is 5.15. The molecule has 0 fully saturated rings. The Morgan fingerprint density at radius 1 is 0.786 bits per heavy atom. The topological polar surface area (TPSA) is 95.0 Å². The van der Waals surface area contributed by atoms with Crippen LogP contribution >= 0.6 is 0 Å². The number of para-hydroxylation sites is 2. The summed E-state index contributed by atoms with van der Waals surface area (Å²) in [5, 5.41) is 2.26. The first-order valence-electron chi connectivity index (χ1n) is 9.32. The number of fused-ring (bicyclic) bond motifs is 2. The molecule has 0 unspecified atom stereocenters. The molecule has 0 bridgehead atoms. The zero-order valence-electron chi connectivity index (χ0n) is 15.4. The molecule has 0 aliphatic rings. The molecule has 28 heavy (non-hydrogen) atoms. The van der Waals surface area contributed by atoms with Crippen molar-refractivity contribution in [2.45, 2.75) is 12.8 Å². The summed E-state index contributed by atoms with van der Waals surface area (Å²) >= 11 is 0. The van der Waals surface area contributed by atoms with Crippen molar-refractivity contribution in [1.82, 2.24) is 14.9 Å². The highest BCUT2D eigenvalue weighted by molar-refractivity contribution is 6.34. The first-order valence-corrected chi connectivity index (χ1v) is 9.32. The molecule has 4 aromatic rings. The molecule has 2 amide bonds. The smallest absolute Gasteiger partial charge is 0.311 e. The Balaban J connectivity index is 1.49. The van der Waals surface area contributed by atoms with Gasteiger partial charge in [-0.05, 0) is 36.1 Å². The van der Waals surface area contributed by atoms with Crippen LogP contribution < -0.4 is 5.73 Å². The van der Waals surface area contributed by atoms with Crippen LogP contribution in [-0.2, 0) is 22.4 Å². The number of nitrogens with one attached hydrogen (secondary N) is 2. The highest BCUT2D eigenvalue weighted by Crippen LogP contribution is 2.20. The van der Waals surface area contributed by atoms with Gasteiger partial charge in [0.2, 0.25) is 0 Å². The van der Waals surface area contributed by atoms with Gasteiger partial charge in [-0.2, -0.15) is 0 Å². The number of benzene rings is 2. The van der Waals surface area contributed by atoms with Crippen molar-refractivity contribution in [1.29, 1.82) is 0 Å². The third-order valence-corrected chi connectivity index (χ3v) is 5.15. The largest absolute Gasteiger partial charge is 0.361 e. The number of H-pyrrole nitrogens is 2. The number of amides is 2.